The second kappa shape index (κ2) is 16.1. The minimum Gasteiger partial charge on any atom is -0.493 e. The lowest BCUT2D eigenvalue weighted by molar-refractivity contribution is 0.0205. The van der Waals surface area contributed by atoms with Crippen molar-refractivity contribution < 1.29 is 23.7 Å². The molecule has 0 aliphatic rings. The van der Waals surface area contributed by atoms with E-state index in [9.17, 15) is 0 Å². The van der Waals surface area contributed by atoms with Gasteiger partial charge in [0.15, 0.2) is 25.1 Å². The van der Waals surface area contributed by atoms with E-state index in [1.807, 2.05) is 18.2 Å². The molecule has 3 aromatic rings. The first-order chi connectivity index (χ1) is 19.9. The molecule has 42 heavy (non-hydrogen) atoms. The summed E-state index contributed by atoms with van der Waals surface area (Å²) in [5.74, 6) is 2.17. The van der Waals surface area contributed by atoms with Crippen LogP contribution in [0.1, 0.15) is 27.8 Å². The molecule has 3 rings (SSSR count). The quantitative estimate of drug-likeness (QED) is 0.0664. The van der Waals surface area contributed by atoms with Gasteiger partial charge in [-0.15, -0.1) is 0 Å². The molecular formula is C35H50O5Si2. The summed E-state index contributed by atoms with van der Waals surface area (Å²) >= 11 is 0. The standard InChI is InChI=1S/C35H50O5Si2/c1-28-22-32(39-26-37-18-20-41(3,4)5)25-31(33(28)23-29-12-10-9-11-13-29)16-14-30-15-17-34(35(24-30)36-2)40-27-38-19-21-42(6,7)8/h9-17,22,24-25H,18-21,23,26-27H2,1-8H3/b16-14+. The van der Waals surface area contributed by atoms with Crippen molar-refractivity contribution in [2.45, 2.75) is 64.7 Å². The molecule has 0 aromatic heterocycles. The molecule has 3 aromatic carbocycles. The third-order valence-electron chi connectivity index (χ3n) is 6.95. The Hall–Kier alpha value is -2.85. The molecule has 0 bridgehead atoms. The van der Waals surface area contributed by atoms with Gasteiger partial charge in [0.2, 0.25) is 0 Å². The van der Waals surface area contributed by atoms with Crippen molar-refractivity contribution in [1.29, 1.82) is 0 Å². The van der Waals surface area contributed by atoms with Gasteiger partial charge in [0, 0.05) is 29.4 Å². The maximum absolute atomic E-state index is 6.04. The Morgan fingerprint density at radius 1 is 0.690 bits per heavy atom. The topological polar surface area (TPSA) is 46.2 Å². The van der Waals surface area contributed by atoms with Crippen molar-refractivity contribution >= 4 is 28.3 Å². The van der Waals surface area contributed by atoms with Crippen molar-refractivity contribution in [2.75, 3.05) is 33.9 Å². The van der Waals surface area contributed by atoms with Gasteiger partial charge < -0.3 is 23.7 Å². The molecule has 0 saturated carbocycles. The minimum absolute atomic E-state index is 0.215. The van der Waals surface area contributed by atoms with Crippen molar-refractivity contribution in [3.05, 3.63) is 88.5 Å². The molecule has 7 heteroatoms. The molecule has 0 N–H and O–H groups in total. The van der Waals surface area contributed by atoms with Crippen LogP contribution < -0.4 is 14.2 Å². The van der Waals surface area contributed by atoms with E-state index in [1.54, 1.807) is 7.11 Å². The van der Waals surface area contributed by atoms with Crippen molar-refractivity contribution in [3.8, 4) is 17.2 Å². The minimum atomic E-state index is -1.13. The fourth-order valence-corrected chi connectivity index (χ4v) is 5.78. The highest BCUT2D eigenvalue weighted by Gasteiger charge is 2.14. The van der Waals surface area contributed by atoms with Gasteiger partial charge >= 0.3 is 0 Å². The smallest absolute Gasteiger partial charge is 0.189 e. The summed E-state index contributed by atoms with van der Waals surface area (Å²) in [5, 5.41) is 0. The zero-order chi connectivity index (χ0) is 30.6. The van der Waals surface area contributed by atoms with E-state index in [4.69, 9.17) is 23.7 Å². The third kappa shape index (κ3) is 12.2. The Morgan fingerprint density at radius 3 is 1.95 bits per heavy atom. The first-order valence-corrected chi connectivity index (χ1v) is 22.3. The number of rotatable bonds is 17. The molecule has 0 aliphatic heterocycles. The van der Waals surface area contributed by atoms with Crippen LogP contribution in [-0.2, 0) is 15.9 Å². The zero-order valence-corrected chi connectivity index (χ0v) is 28.9. The predicted molar refractivity (Wildman–Crippen MR) is 182 cm³/mol. The summed E-state index contributed by atoms with van der Waals surface area (Å²) in [6.07, 6.45) is 5.10. The molecule has 0 heterocycles. The first kappa shape index (κ1) is 33.7. The van der Waals surface area contributed by atoms with Gasteiger partial charge in [-0.1, -0.05) is 87.8 Å². The normalized spacial score (nSPS) is 12.1. The number of ether oxygens (including phenoxy) is 5. The van der Waals surface area contributed by atoms with Crippen LogP contribution in [0.25, 0.3) is 12.2 Å². The molecule has 0 saturated heterocycles. The van der Waals surface area contributed by atoms with Gasteiger partial charge in [-0.3, -0.25) is 0 Å². The Bertz CT molecular complexity index is 1280. The van der Waals surface area contributed by atoms with Crippen molar-refractivity contribution in [2.24, 2.45) is 0 Å². The van der Waals surface area contributed by atoms with Crippen LogP contribution in [0.3, 0.4) is 0 Å². The van der Waals surface area contributed by atoms with Crippen LogP contribution >= 0.6 is 0 Å². The first-order valence-electron chi connectivity index (χ1n) is 14.9. The van der Waals surface area contributed by atoms with Crippen molar-refractivity contribution in [3.63, 3.8) is 0 Å². The van der Waals surface area contributed by atoms with E-state index in [1.165, 1.54) is 16.7 Å². The van der Waals surface area contributed by atoms with Gasteiger partial charge in [-0.25, -0.2) is 0 Å². The highest BCUT2D eigenvalue weighted by molar-refractivity contribution is 6.76. The maximum atomic E-state index is 6.04. The molecule has 0 radical (unpaired) electrons. The average molecular weight is 607 g/mol. The number of hydrogen-bond acceptors (Lipinski definition) is 5. The summed E-state index contributed by atoms with van der Waals surface area (Å²) in [4.78, 5) is 0. The van der Waals surface area contributed by atoms with Gasteiger partial charge in [0.25, 0.3) is 0 Å². The second-order valence-corrected chi connectivity index (χ2v) is 24.4. The van der Waals surface area contributed by atoms with Gasteiger partial charge in [0.05, 0.1) is 7.11 Å². The third-order valence-corrected chi connectivity index (χ3v) is 10.4. The summed E-state index contributed by atoms with van der Waals surface area (Å²) < 4.78 is 29.1. The average Bonchev–Trinajstić information content (AvgIpc) is 2.92. The maximum Gasteiger partial charge on any atom is 0.189 e. The lowest BCUT2D eigenvalue weighted by Gasteiger charge is -2.17. The molecule has 0 aliphatic carbocycles. The molecule has 0 fully saturated rings. The predicted octanol–water partition coefficient (Wildman–Crippen LogP) is 9.15. The van der Waals surface area contributed by atoms with Crippen LogP contribution in [0.2, 0.25) is 51.4 Å². The monoisotopic (exact) mass is 606 g/mol. The number of benzene rings is 3. The van der Waals surface area contributed by atoms with E-state index in [2.05, 4.69) is 101 Å². The van der Waals surface area contributed by atoms with Gasteiger partial charge in [-0.05, 0) is 77.5 Å². The molecule has 0 atom stereocenters. The summed E-state index contributed by atoms with van der Waals surface area (Å²) in [6, 6.07) is 23.0. The molecule has 0 amide bonds. The molecule has 228 valence electrons. The van der Waals surface area contributed by atoms with Crippen molar-refractivity contribution in [1.82, 2.24) is 0 Å². The van der Waals surface area contributed by atoms with Crippen LogP contribution in [0.15, 0.2) is 60.7 Å². The summed E-state index contributed by atoms with van der Waals surface area (Å²) in [5.41, 5.74) is 5.86. The number of methoxy groups -OCH3 is 1. The van der Waals surface area contributed by atoms with Crippen LogP contribution in [0.5, 0.6) is 17.2 Å². The lowest BCUT2D eigenvalue weighted by atomic mass is 9.94. The largest absolute Gasteiger partial charge is 0.493 e. The summed E-state index contributed by atoms with van der Waals surface area (Å²) in [6.45, 7) is 18.2. The van der Waals surface area contributed by atoms with Gasteiger partial charge in [-0.2, -0.15) is 0 Å². The van der Waals surface area contributed by atoms with Crippen LogP contribution in [-0.4, -0.2) is 50.1 Å². The number of hydrogen-bond donors (Lipinski definition) is 0. The van der Waals surface area contributed by atoms with E-state index < -0.39 is 16.1 Å². The molecular weight excluding hydrogens is 557 g/mol. The SMILES string of the molecule is COc1cc(/C=C/c2cc(OCOCC[Si](C)(C)C)cc(C)c2Cc2ccccc2)ccc1OCOCC[Si](C)(C)C. The van der Waals surface area contributed by atoms with Crippen LogP contribution in [0.4, 0.5) is 0 Å². The van der Waals surface area contributed by atoms with E-state index in [0.717, 1.165) is 48.6 Å². The fraction of sp³-hybridized carbons (Fsp3) is 0.429. The molecule has 0 spiro atoms. The van der Waals surface area contributed by atoms with Gasteiger partial charge in [0.1, 0.15) is 5.75 Å². The number of aryl methyl sites for hydroxylation is 1. The summed E-state index contributed by atoms with van der Waals surface area (Å²) in [7, 11) is -0.594. The lowest BCUT2D eigenvalue weighted by Crippen LogP contribution is -2.22. The Balaban J connectivity index is 1.75. The van der Waals surface area contributed by atoms with E-state index in [-0.39, 0.29) is 13.6 Å². The highest BCUT2D eigenvalue weighted by Crippen LogP contribution is 2.30. The van der Waals surface area contributed by atoms with E-state index >= 15 is 0 Å². The Labute approximate surface area is 255 Å². The molecule has 5 nitrogen and oxygen atoms in total. The second-order valence-electron chi connectivity index (χ2n) is 13.2. The fourth-order valence-electron chi connectivity index (χ4n) is 4.27. The Kier molecular flexibility index (Phi) is 12.9. The Morgan fingerprint density at radius 2 is 1.33 bits per heavy atom. The highest BCUT2D eigenvalue weighted by atomic mass is 28.3. The molecule has 0 unspecified atom stereocenters. The van der Waals surface area contributed by atoms with E-state index in [0.29, 0.717) is 11.5 Å². The van der Waals surface area contributed by atoms with Crippen LogP contribution in [0, 0.1) is 6.92 Å². The zero-order valence-electron chi connectivity index (χ0n) is 26.9.